The van der Waals surface area contributed by atoms with E-state index in [2.05, 4.69) is 15.9 Å². The second-order valence-electron chi connectivity index (χ2n) is 3.78. The molecule has 0 fully saturated rings. The first-order chi connectivity index (χ1) is 8.66. The zero-order chi connectivity index (χ0) is 13.0. The third-order valence-corrected chi connectivity index (χ3v) is 3.21. The molecule has 0 aliphatic carbocycles. The number of rotatable bonds is 4. The van der Waals surface area contributed by atoms with Crippen LogP contribution in [0.5, 0.6) is 5.75 Å². The van der Waals surface area contributed by atoms with Crippen LogP contribution in [0.3, 0.4) is 0 Å². The highest BCUT2D eigenvalue weighted by molar-refractivity contribution is 9.10. The minimum Gasteiger partial charge on any atom is -0.488 e. The van der Waals surface area contributed by atoms with Gasteiger partial charge in [0.2, 0.25) is 0 Å². The van der Waals surface area contributed by atoms with Crippen molar-refractivity contribution in [2.45, 2.75) is 6.61 Å². The first-order valence-corrected chi connectivity index (χ1v) is 6.63. The van der Waals surface area contributed by atoms with Gasteiger partial charge in [0.15, 0.2) is 0 Å². The van der Waals surface area contributed by atoms with E-state index in [4.69, 9.17) is 22.7 Å². The Kier molecular flexibility index (Phi) is 4.33. The van der Waals surface area contributed by atoms with Gasteiger partial charge in [0, 0.05) is 4.47 Å². The fourth-order valence-corrected chi connectivity index (χ4v) is 1.97. The van der Waals surface area contributed by atoms with Gasteiger partial charge in [0.05, 0.1) is 5.56 Å². The lowest BCUT2D eigenvalue weighted by Gasteiger charge is -2.10. The molecule has 4 heteroatoms. The summed E-state index contributed by atoms with van der Waals surface area (Å²) in [6.45, 7) is 0.493. The van der Waals surface area contributed by atoms with Gasteiger partial charge in [0.1, 0.15) is 17.3 Å². The second kappa shape index (κ2) is 5.98. The van der Waals surface area contributed by atoms with Crippen LogP contribution in [-0.2, 0) is 6.61 Å². The number of hydrogen-bond donors (Lipinski definition) is 1. The molecule has 2 N–H and O–H groups in total. The molecule has 0 saturated carbocycles. The zero-order valence-corrected chi connectivity index (χ0v) is 12.0. The van der Waals surface area contributed by atoms with Crippen LogP contribution in [0.2, 0.25) is 0 Å². The van der Waals surface area contributed by atoms with Gasteiger partial charge < -0.3 is 10.5 Å². The van der Waals surface area contributed by atoms with Gasteiger partial charge in [-0.2, -0.15) is 0 Å². The van der Waals surface area contributed by atoms with Crippen LogP contribution < -0.4 is 10.5 Å². The highest BCUT2D eigenvalue weighted by Crippen LogP contribution is 2.19. The number of ether oxygens (including phenoxy) is 1. The van der Waals surface area contributed by atoms with E-state index in [0.717, 1.165) is 15.6 Å². The monoisotopic (exact) mass is 321 g/mol. The van der Waals surface area contributed by atoms with Crippen LogP contribution in [0, 0.1) is 0 Å². The average molecular weight is 322 g/mol. The molecule has 2 nitrogen and oxygen atoms in total. The van der Waals surface area contributed by atoms with E-state index in [1.54, 1.807) is 0 Å². The maximum absolute atomic E-state index is 5.74. The van der Waals surface area contributed by atoms with Gasteiger partial charge in [-0.3, -0.25) is 0 Å². The molecule has 0 heterocycles. The topological polar surface area (TPSA) is 35.2 Å². The maximum Gasteiger partial charge on any atom is 0.129 e. The second-order valence-corrected chi connectivity index (χ2v) is 5.13. The quantitative estimate of drug-likeness (QED) is 0.873. The Balaban J connectivity index is 2.10. The Morgan fingerprint density at radius 1 is 1.11 bits per heavy atom. The van der Waals surface area contributed by atoms with Gasteiger partial charge in [-0.15, -0.1) is 0 Å². The number of hydrogen-bond acceptors (Lipinski definition) is 2. The molecule has 0 aromatic heterocycles. The standard InChI is InChI=1S/C14H12BrNOS/c15-11-7-5-10(6-8-11)9-17-13-4-2-1-3-12(13)14(16)18/h1-8H,9H2,(H2,16,18). The number of thiocarbonyl (C=S) groups is 1. The molecular weight excluding hydrogens is 310 g/mol. The molecule has 0 bridgehead atoms. The molecule has 0 radical (unpaired) electrons. The largest absolute Gasteiger partial charge is 0.488 e. The van der Waals surface area contributed by atoms with Crippen molar-refractivity contribution in [2.75, 3.05) is 0 Å². The molecule has 92 valence electrons. The van der Waals surface area contributed by atoms with E-state index in [0.29, 0.717) is 17.3 Å². The predicted molar refractivity (Wildman–Crippen MR) is 80.8 cm³/mol. The van der Waals surface area contributed by atoms with Gasteiger partial charge in [-0.1, -0.05) is 52.4 Å². The van der Waals surface area contributed by atoms with Crippen molar-refractivity contribution in [3.8, 4) is 5.75 Å². The Labute approximate surface area is 120 Å². The predicted octanol–water partition coefficient (Wildman–Crippen LogP) is 3.66. The van der Waals surface area contributed by atoms with E-state index >= 15 is 0 Å². The lowest BCUT2D eigenvalue weighted by Crippen LogP contribution is -2.11. The fourth-order valence-electron chi connectivity index (χ4n) is 1.54. The van der Waals surface area contributed by atoms with Crippen LogP contribution in [0.1, 0.15) is 11.1 Å². The summed E-state index contributed by atoms with van der Waals surface area (Å²) in [5.41, 5.74) is 7.51. The Hall–Kier alpha value is -1.39. The van der Waals surface area contributed by atoms with Crippen LogP contribution in [0.15, 0.2) is 53.0 Å². The molecular formula is C14H12BrNOS. The highest BCUT2D eigenvalue weighted by atomic mass is 79.9. The zero-order valence-electron chi connectivity index (χ0n) is 9.60. The minimum atomic E-state index is 0.349. The first kappa shape index (κ1) is 13.1. The molecule has 2 aromatic rings. The van der Waals surface area contributed by atoms with Crippen LogP contribution in [0.25, 0.3) is 0 Å². The molecule has 0 atom stereocenters. The van der Waals surface area contributed by atoms with Crippen molar-refractivity contribution in [1.29, 1.82) is 0 Å². The Morgan fingerprint density at radius 3 is 2.44 bits per heavy atom. The summed E-state index contributed by atoms with van der Waals surface area (Å²) in [5.74, 6) is 0.716. The summed E-state index contributed by atoms with van der Waals surface area (Å²) in [6.07, 6.45) is 0. The number of nitrogens with two attached hydrogens (primary N) is 1. The van der Waals surface area contributed by atoms with Crippen molar-refractivity contribution >= 4 is 33.1 Å². The first-order valence-electron chi connectivity index (χ1n) is 5.43. The van der Waals surface area contributed by atoms with Crippen molar-refractivity contribution in [3.63, 3.8) is 0 Å². The average Bonchev–Trinajstić information content (AvgIpc) is 2.38. The minimum absolute atomic E-state index is 0.349. The SMILES string of the molecule is NC(=S)c1ccccc1OCc1ccc(Br)cc1. The summed E-state index contributed by atoms with van der Waals surface area (Å²) < 4.78 is 6.79. The Morgan fingerprint density at radius 2 is 1.78 bits per heavy atom. The normalized spacial score (nSPS) is 10.1. The number of benzene rings is 2. The molecule has 2 aromatic carbocycles. The highest BCUT2D eigenvalue weighted by Gasteiger charge is 2.05. The van der Waals surface area contributed by atoms with Gasteiger partial charge in [-0.05, 0) is 29.8 Å². The van der Waals surface area contributed by atoms with E-state index in [1.807, 2.05) is 48.5 Å². The van der Waals surface area contributed by atoms with Crippen molar-refractivity contribution in [1.82, 2.24) is 0 Å². The maximum atomic E-state index is 5.74. The van der Waals surface area contributed by atoms with Crippen LogP contribution in [-0.4, -0.2) is 4.99 Å². The molecule has 0 amide bonds. The summed E-state index contributed by atoms with van der Waals surface area (Å²) in [5, 5.41) is 0. The molecule has 0 saturated heterocycles. The summed E-state index contributed by atoms with van der Waals surface area (Å²) in [4.78, 5) is 0.349. The lowest BCUT2D eigenvalue weighted by atomic mass is 10.2. The third kappa shape index (κ3) is 3.31. The van der Waals surface area contributed by atoms with E-state index in [1.165, 1.54) is 0 Å². The molecule has 18 heavy (non-hydrogen) atoms. The van der Waals surface area contributed by atoms with Crippen molar-refractivity contribution in [2.24, 2.45) is 5.73 Å². The Bertz CT molecular complexity index is 554. The van der Waals surface area contributed by atoms with Gasteiger partial charge in [-0.25, -0.2) is 0 Å². The number of halogens is 1. The summed E-state index contributed by atoms with van der Waals surface area (Å²) >= 11 is 8.39. The van der Waals surface area contributed by atoms with Crippen LogP contribution >= 0.6 is 28.1 Å². The lowest BCUT2D eigenvalue weighted by molar-refractivity contribution is 0.305. The van der Waals surface area contributed by atoms with Crippen molar-refractivity contribution in [3.05, 3.63) is 64.1 Å². The molecule has 0 aliphatic heterocycles. The van der Waals surface area contributed by atoms with Gasteiger partial charge >= 0.3 is 0 Å². The smallest absolute Gasteiger partial charge is 0.129 e. The van der Waals surface area contributed by atoms with Gasteiger partial charge in [0.25, 0.3) is 0 Å². The molecule has 2 rings (SSSR count). The number of para-hydroxylation sites is 1. The molecule has 0 aliphatic rings. The molecule has 0 spiro atoms. The van der Waals surface area contributed by atoms with Crippen molar-refractivity contribution < 1.29 is 4.74 Å². The fraction of sp³-hybridized carbons (Fsp3) is 0.0714. The van der Waals surface area contributed by atoms with E-state index < -0.39 is 0 Å². The van der Waals surface area contributed by atoms with Crippen LogP contribution in [0.4, 0.5) is 0 Å². The van der Waals surface area contributed by atoms with E-state index in [-0.39, 0.29) is 0 Å². The summed E-state index contributed by atoms with van der Waals surface area (Å²) in [6, 6.07) is 15.5. The van der Waals surface area contributed by atoms with E-state index in [9.17, 15) is 0 Å². The summed E-state index contributed by atoms with van der Waals surface area (Å²) in [7, 11) is 0. The third-order valence-electron chi connectivity index (χ3n) is 2.46. The molecule has 0 unspecified atom stereocenters.